The van der Waals surface area contributed by atoms with E-state index in [9.17, 15) is 4.79 Å². The molecule has 0 aliphatic heterocycles. The summed E-state index contributed by atoms with van der Waals surface area (Å²) in [5.74, 6) is -0.577. The smallest absolute Gasteiger partial charge is 0.318 e. The van der Waals surface area contributed by atoms with Crippen molar-refractivity contribution in [3.8, 4) is 0 Å². The van der Waals surface area contributed by atoms with Gasteiger partial charge in [-0.3, -0.25) is 4.79 Å². The lowest BCUT2D eigenvalue weighted by atomic mass is 10.2. The number of carbonyl (C=O) groups is 1. The van der Waals surface area contributed by atoms with E-state index in [0.717, 1.165) is 0 Å². The molecule has 0 amide bonds. The van der Waals surface area contributed by atoms with Crippen LogP contribution < -0.4 is 0 Å². The molecular formula is C8H14O3S2. The molecule has 0 aliphatic carbocycles. The highest BCUT2D eigenvalue weighted by atomic mass is 32.1. The van der Waals surface area contributed by atoms with Crippen molar-refractivity contribution in [1.29, 1.82) is 0 Å². The van der Waals surface area contributed by atoms with Gasteiger partial charge < -0.3 is 9.47 Å². The lowest BCUT2D eigenvalue weighted by Crippen LogP contribution is -2.28. The zero-order chi connectivity index (χ0) is 10.3. The second-order valence-electron chi connectivity index (χ2n) is 2.24. The quantitative estimate of drug-likeness (QED) is 0.434. The highest BCUT2D eigenvalue weighted by molar-refractivity contribution is 7.81. The van der Waals surface area contributed by atoms with Gasteiger partial charge in [0.1, 0.15) is 5.92 Å². The second-order valence-corrected chi connectivity index (χ2v) is 3.01. The zero-order valence-corrected chi connectivity index (χ0v) is 9.49. The first-order valence-electron chi connectivity index (χ1n) is 4.11. The molecule has 0 aromatic heterocycles. The second kappa shape index (κ2) is 7.15. The van der Waals surface area contributed by atoms with Crippen molar-refractivity contribution in [3.05, 3.63) is 0 Å². The van der Waals surface area contributed by atoms with Gasteiger partial charge in [-0.2, -0.15) is 12.6 Å². The molecule has 3 nitrogen and oxygen atoms in total. The maximum absolute atomic E-state index is 11.3. The van der Waals surface area contributed by atoms with Gasteiger partial charge in [-0.05, 0) is 26.1 Å². The summed E-state index contributed by atoms with van der Waals surface area (Å²) in [6.07, 6.45) is 0. The third kappa shape index (κ3) is 4.47. The van der Waals surface area contributed by atoms with Gasteiger partial charge in [0.2, 0.25) is 0 Å². The minimum absolute atomic E-state index is 0.260. The number of rotatable bonds is 5. The fourth-order valence-corrected chi connectivity index (χ4v) is 1.47. The van der Waals surface area contributed by atoms with Crippen LogP contribution in [-0.4, -0.2) is 30.0 Å². The summed E-state index contributed by atoms with van der Waals surface area (Å²) < 4.78 is 9.85. The summed E-state index contributed by atoms with van der Waals surface area (Å²) >= 11 is 8.90. The minimum atomic E-state index is -0.529. The van der Waals surface area contributed by atoms with Crippen molar-refractivity contribution >= 4 is 35.9 Å². The Bertz CT molecular complexity index is 164. The van der Waals surface area contributed by atoms with E-state index in [1.54, 1.807) is 6.92 Å². The van der Waals surface area contributed by atoms with Crippen LogP contribution in [0.1, 0.15) is 13.8 Å². The third-order valence-corrected chi connectivity index (χ3v) is 2.09. The number of ether oxygens (including phenoxy) is 2. The average Bonchev–Trinajstić information content (AvgIpc) is 2.06. The standard InChI is InChI=1S/C8H14O3S2/c1-3-10-7(9)6(5-12)8(13)11-4-2/h6,12H,3-5H2,1-2H3. The fourth-order valence-electron chi connectivity index (χ4n) is 0.731. The molecule has 0 aromatic carbocycles. The molecule has 0 saturated carbocycles. The highest BCUT2D eigenvalue weighted by Crippen LogP contribution is 2.07. The van der Waals surface area contributed by atoms with Gasteiger partial charge in [0.15, 0.2) is 5.05 Å². The SMILES string of the molecule is CCOC(=O)C(CS)C(=S)OCC. The first-order valence-corrected chi connectivity index (χ1v) is 5.15. The summed E-state index contributed by atoms with van der Waals surface area (Å²) in [5, 5.41) is 0.260. The number of thiol groups is 1. The Kier molecular flexibility index (Phi) is 6.99. The van der Waals surface area contributed by atoms with Crippen LogP contribution in [0.25, 0.3) is 0 Å². The van der Waals surface area contributed by atoms with Crippen LogP contribution in [0.5, 0.6) is 0 Å². The first-order chi connectivity index (χ1) is 6.17. The van der Waals surface area contributed by atoms with Crippen molar-refractivity contribution in [3.63, 3.8) is 0 Å². The summed E-state index contributed by atoms with van der Waals surface area (Å²) in [6, 6.07) is 0. The first kappa shape index (κ1) is 12.7. The number of hydrogen-bond donors (Lipinski definition) is 1. The summed E-state index contributed by atoms with van der Waals surface area (Å²) in [6.45, 7) is 4.37. The largest absolute Gasteiger partial charge is 0.486 e. The van der Waals surface area contributed by atoms with Gasteiger partial charge in [-0.15, -0.1) is 0 Å². The van der Waals surface area contributed by atoms with Crippen molar-refractivity contribution in [1.82, 2.24) is 0 Å². The number of carbonyl (C=O) groups excluding carboxylic acids is 1. The third-order valence-electron chi connectivity index (χ3n) is 1.32. The van der Waals surface area contributed by atoms with E-state index in [2.05, 4.69) is 12.6 Å². The Labute approximate surface area is 89.2 Å². The predicted octanol–water partition coefficient (Wildman–Crippen LogP) is 1.46. The maximum Gasteiger partial charge on any atom is 0.318 e. The van der Waals surface area contributed by atoms with E-state index in [1.165, 1.54) is 0 Å². The van der Waals surface area contributed by atoms with E-state index in [4.69, 9.17) is 21.7 Å². The van der Waals surface area contributed by atoms with E-state index in [0.29, 0.717) is 19.0 Å². The monoisotopic (exact) mass is 222 g/mol. The van der Waals surface area contributed by atoms with Gasteiger partial charge in [-0.1, -0.05) is 0 Å². The fraction of sp³-hybridized carbons (Fsp3) is 0.750. The summed E-state index contributed by atoms with van der Waals surface area (Å²) in [5.41, 5.74) is 0. The van der Waals surface area contributed by atoms with Gasteiger partial charge in [0.25, 0.3) is 0 Å². The lowest BCUT2D eigenvalue weighted by molar-refractivity contribution is -0.145. The predicted molar refractivity (Wildman–Crippen MR) is 58.2 cm³/mol. The molecule has 0 aromatic rings. The Morgan fingerprint density at radius 3 is 2.31 bits per heavy atom. The summed E-state index contributed by atoms with van der Waals surface area (Å²) in [4.78, 5) is 11.3. The Hall–Kier alpha value is -0.290. The van der Waals surface area contributed by atoms with Crippen molar-refractivity contribution < 1.29 is 14.3 Å². The lowest BCUT2D eigenvalue weighted by Gasteiger charge is -2.13. The van der Waals surface area contributed by atoms with Gasteiger partial charge >= 0.3 is 5.97 Å². The Morgan fingerprint density at radius 1 is 1.38 bits per heavy atom. The Balaban J connectivity index is 4.15. The normalized spacial score (nSPS) is 11.9. The topological polar surface area (TPSA) is 35.5 Å². The molecule has 76 valence electrons. The van der Waals surface area contributed by atoms with Crippen LogP contribution in [0.4, 0.5) is 0 Å². The summed E-state index contributed by atoms with van der Waals surface area (Å²) in [7, 11) is 0. The molecule has 0 aliphatic rings. The van der Waals surface area contributed by atoms with Crippen molar-refractivity contribution in [2.24, 2.45) is 5.92 Å². The molecule has 13 heavy (non-hydrogen) atoms. The number of thiocarbonyl (C=S) groups is 1. The molecule has 0 bridgehead atoms. The molecular weight excluding hydrogens is 208 g/mol. The van der Waals surface area contributed by atoms with Crippen LogP contribution >= 0.6 is 24.8 Å². The van der Waals surface area contributed by atoms with Gasteiger partial charge in [-0.25, -0.2) is 0 Å². The van der Waals surface area contributed by atoms with E-state index in [-0.39, 0.29) is 11.0 Å². The number of esters is 1. The van der Waals surface area contributed by atoms with E-state index >= 15 is 0 Å². The molecule has 0 saturated heterocycles. The maximum atomic E-state index is 11.3. The van der Waals surface area contributed by atoms with E-state index < -0.39 is 5.92 Å². The molecule has 0 fully saturated rings. The Morgan fingerprint density at radius 2 is 1.92 bits per heavy atom. The molecule has 0 rings (SSSR count). The molecule has 0 radical (unpaired) electrons. The van der Waals surface area contributed by atoms with Gasteiger partial charge in [0.05, 0.1) is 13.2 Å². The van der Waals surface area contributed by atoms with Gasteiger partial charge in [0, 0.05) is 5.75 Å². The van der Waals surface area contributed by atoms with Crippen molar-refractivity contribution in [2.45, 2.75) is 13.8 Å². The molecule has 1 unspecified atom stereocenters. The van der Waals surface area contributed by atoms with Crippen LogP contribution in [0.3, 0.4) is 0 Å². The molecule has 1 atom stereocenters. The highest BCUT2D eigenvalue weighted by Gasteiger charge is 2.24. The van der Waals surface area contributed by atoms with Crippen LogP contribution in [0.15, 0.2) is 0 Å². The van der Waals surface area contributed by atoms with Crippen LogP contribution in [0.2, 0.25) is 0 Å². The number of hydrogen-bond acceptors (Lipinski definition) is 5. The van der Waals surface area contributed by atoms with Crippen molar-refractivity contribution in [2.75, 3.05) is 19.0 Å². The van der Waals surface area contributed by atoms with Crippen LogP contribution in [-0.2, 0) is 14.3 Å². The zero-order valence-electron chi connectivity index (χ0n) is 7.78. The van der Waals surface area contributed by atoms with Crippen LogP contribution in [0, 0.1) is 5.92 Å². The van der Waals surface area contributed by atoms with E-state index in [1.807, 2.05) is 6.92 Å². The molecule has 0 spiro atoms. The molecule has 0 heterocycles. The molecule has 5 heteroatoms. The average molecular weight is 222 g/mol. The minimum Gasteiger partial charge on any atom is -0.486 e. The molecule has 0 N–H and O–H groups in total.